The molecule has 3 rings (SSSR count). The van der Waals surface area contributed by atoms with Crippen LogP contribution in [0.15, 0.2) is 63.9 Å². The fraction of sp³-hybridized carbons (Fsp3) is 0.385. The third-order valence-electron chi connectivity index (χ3n) is 5.13. The van der Waals surface area contributed by atoms with Crippen molar-refractivity contribution in [2.45, 2.75) is 45.8 Å². The molecule has 7 nitrogen and oxygen atoms in total. The monoisotopic (exact) mass is 564 g/mol. The number of rotatable bonds is 15. The van der Waals surface area contributed by atoms with Gasteiger partial charge in [0.15, 0.2) is 0 Å². The van der Waals surface area contributed by atoms with Crippen LogP contribution in [0.5, 0.6) is 11.5 Å². The lowest BCUT2D eigenvalue weighted by molar-refractivity contribution is 0.241. The standard InChI is InChI=1S/C26H31BrNO6P/c1-19(2)34-26-9-6-20(16-24(26)27)5-3-12-32-25-8-7-21(15-23(25)22-10-14-31-18-22)17-28-11-4-13-33-35(29)30/h6-10,14-16,18-19,28H,3-5,11-13,17H2,1-2H3/p+1. The average molecular weight is 565 g/mol. The maximum absolute atomic E-state index is 10.5. The summed E-state index contributed by atoms with van der Waals surface area (Å²) in [4.78, 5) is 8.66. The molecule has 0 aliphatic heterocycles. The maximum Gasteiger partial charge on any atom is 0.694 e. The molecule has 0 amide bonds. The van der Waals surface area contributed by atoms with Gasteiger partial charge in [-0.2, -0.15) is 0 Å². The molecule has 1 aromatic heterocycles. The molecule has 2 N–H and O–H groups in total. The Labute approximate surface area is 215 Å². The van der Waals surface area contributed by atoms with E-state index in [4.69, 9.17) is 18.8 Å². The van der Waals surface area contributed by atoms with Crippen molar-refractivity contribution in [2.24, 2.45) is 0 Å². The second-order valence-electron chi connectivity index (χ2n) is 8.33. The van der Waals surface area contributed by atoms with Gasteiger partial charge in [-0.3, -0.25) is 0 Å². The number of hydrogen-bond donors (Lipinski definition) is 2. The van der Waals surface area contributed by atoms with Crippen LogP contribution in [0.2, 0.25) is 0 Å². The van der Waals surface area contributed by atoms with Gasteiger partial charge >= 0.3 is 8.25 Å². The van der Waals surface area contributed by atoms with E-state index in [2.05, 4.69) is 44.0 Å². The molecule has 0 aliphatic carbocycles. The second-order valence-corrected chi connectivity index (χ2v) is 9.92. The van der Waals surface area contributed by atoms with Crippen molar-refractivity contribution in [1.29, 1.82) is 0 Å². The molecule has 3 aromatic rings. The third-order valence-corrected chi connectivity index (χ3v) is 6.15. The van der Waals surface area contributed by atoms with Gasteiger partial charge in [-0.15, -0.1) is 9.42 Å². The van der Waals surface area contributed by atoms with Crippen molar-refractivity contribution in [3.8, 4) is 22.6 Å². The summed E-state index contributed by atoms with van der Waals surface area (Å²) in [6.07, 6.45) is 5.94. The van der Waals surface area contributed by atoms with Gasteiger partial charge in [0, 0.05) is 22.2 Å². The van der Waals surface area contributed by atoms with E-state index in [0.717, 1.165) is 45.5 Å². The van der Waals surface area contributed by atoms with E-state index < -0.39 is 8.25 Å². The molecular formula is C26H32BrNO6P+. The summed E-state index contributed by atoms with van der Waals surface area (Å²) in [5.41, 5.74) is 4.28. The lowest BCUT2D eigenvalue weighted by Gasteiger charge is -2.14. The fourth-order valence-corrected chi connectivity index (χ4v) is 4.34. The molecule has 35 heavy (non-hydrogen) atoms. The van der Waals surface area contributed by atoms with Gasteiger partial charge in [-0.1, -0.05) is 12.1 Å². The molecule has 0 saturated carbocycles. The van der Waals surface area contributed by atoms with Gasteiger partial charge in [0.2, 0.25) is 0 Å². The molecule has 0 spiro atoms. The van der Waals surface area contributed by atoms with Crippen LogP contribution in [-0.2, 0) is 22.1 Å². The van der Waals surface area contributed by atoms with Gasteiger partial charge in [0.25, 0.3) is 0 Å². The van der Waals surface area contributed by atoms with Crippen LogP contribution in [0.3, 0.4) is 0 Å². The first kappa shape index (κ1) is 27.4. The van der Waals surface area contributed by atoms with Gasteiger partial charge in [-0.25, -0.2) is 0 Å². The van der Waals surface area contributed by atoms with Crippen LogP contribution in [-0.4, -0.2) is 30.8 Å². The van der Waals surface area contributed by atoms with Crippen molar-refractivity contribution < 1.29 is 27.9 Å². The summed E-state index contributed by atoms with van der Waals surface area (Å²) in [5.74, 6) is 1.67. The number of nitrogens with one attached hydrogen (secondary N) is 1. The molecular weight excluding hydrogens is 533 g/mol. The normalized spacial score (nSPS) is 11.6. The molecule has 1 atom stereocenters. The molecule has 0 radical (unpaired) electrons. The Hall–Kier alpha value is -2.22. The minimum Gasteiger partial charge on any atom is -0.493 e. The summed E-state index contributed by atoms with van der Waals surface area (Å²) >= 11 is 3.60. The van der Waals surface area contributed by atoms with E-state index in [9.17, 15) is 4.57 Å². The number of ether oxygens (including phenoxy) is 2. The molecule has 0 fully saturated rings. The van der Waals surface area contributed by atoms with Crippen LogP contribution in [0.4, 0.5) is 0 Å². The van der Waals surface area contributed by atoms with Crippen LogP contribution in [0, 0.1) is 0 Å². The first-order valence-corrected chi connectivity index (χ1v) is 13.6. The lowest BCUT2D eigenvalue weighted by atomic mass is 10.0. The zero-order valence-corrected chi connectivity index (χ0v) is 22.5. The summed E-state index contributed by atoms with van der Waals surface area (Å²) in [5, 5.41) is 3.32. The van der Waals surface area contributed by atoms with E-state index >= 15 is 0 Å². The average Bonchev–Trinajstić information content (AvgIpc) is 3.35. The Morgan fingerprint density at radius 1 is 1.06 bits per heavy atom. The first-order valence-electron chi connectivity index (χ1n) is 11.7. The predicted octanol–water partition coefficient (Wildman–Crippen LogP) is 6.65. The van der Waals surface area contributed by atoms with E-state index in [1.807, 2.05) is 38.1 Å². The number of furan rings is 1. The number of hydrogen-bond acceptors (Lipinski definition) is 6. The van der Waals surface area contributed by atoms with Crippen LogP contribution in [0.25, 0.3) is 11.1 Å². The largest absolute Gasteiger partial charge is 0.694 e. The zero-order valence-electron chi connectivity index (χ0n) is 20.0. The lowest BCUT2D eigenvalue weighted by Crippen LogP contribution is -2.16. The Balaban J connectivity index is 1.53. The molecule has 1 unspecified atom stereocenters. The number of aryl methyl sites for hydroxylation is 1. The van der Waals surface area contributed by atoms with E-state index in [-0.39, 0.29) is 12.7 Å². The molecule has 0 bridgehead atoms. The van der Waals surface area contributed by atoms with Crippen molar-refractivity contribution >= 4 is 24.2 Å². The summed E-state index contributed by atoms with van der Waals surface area (Å²) < 4.78 is 33.4. The maximum atomic E-state index is 10.5. The molecule has 2 aromatic carbocycles. The first-order chi connectivity index (χ1) is 16.9. The van der Waals surface area contributed by atoms with Crippen LogP contribution < -0.4 is 14.8 Å². The van der Waals surface area contributed by atoms with Crippen molar-refractivity contribution in [3.63, 3.8) is 0 Å². The Bertz CT molecular complexity index is 1070. The summed E-state index contributed by atoms with van der Waals surface area (Å²) in [6, 6.07) is 14.3. The zero-order chi connectivity index (χ0) is 25.0. The third kappa shape index (κ3) is 9.39. The van der Waals surface area contributed by atoms with Gasteiger partial charge in [-0.05, 0) is 97.0 Å². The van der Waals surface area contributed by atoms with E-state index in [1.54, 1.807) is 12.5 Å². The minimum atomic E-state index is -2.53. The minimum absolute atomic E-state index is 0.136. The number of benzene rings is 2. The Kier molecular flexibility index (Phi) is 11.2. The molecule has 0 aliphatic rings. The molecule has 9 heteroatoms. The van der Waals surface area contributed by atoms with Gasteiger partial charge in [0.05, 0.1) is 29.7 Å². The van der Waals surface area contributed by atoms with Crippen molar-refractivity contribution in [2.75, 3.05) is 19.8 Å². The molecule has 188 valence electrons. The smallest absolute Gasteiger partial charge is 0.493 e. The van der Waals surface area contributed by atoms with Crippen molar-refractivity contribution in [3.05, 3.63) is 70.6 Å². The highest BCUT2D eigenvalue weighted by atomic mass is 79.9. The van der Waals surface area contributed by atoms with Crippen molar-refractivity contribution in [1.82, 2.24) is 5.32 Å². The highest BCUT2D eigenvalue weighted by molar-refractivity contribution is 9.10. The molecule has 0 saturated heterocycles. The Morgan fingerprint density at radius 2 is 1.86 bits per heavy atom. The van der Waals surface area contributed by atoms with Gasteiger partial charge in [0.1, 0.15) is 18.1 Å². The highest BCUT2D eigenvalue weighted by Gasteiger charge is 2.12. The van der Waals surface area contributed by atoms with E-state index in [0.29, 0.717) is 26.1 Å². The summed E-state index contributed by atoms with van der Waals surface area (Å²) in [7, 11) is -2.53. The fourth-order valence-electron chi connectivity index (χ4n) is 3.54. The van der Waals surface area contributed by atoms with Crippen LogP contribution in [0.1, 0.15) is 37.8 Å². The van der Waals surface area contributed by atoms with Gasteiger partial charge < -0.3 is 19.2 Å². The SMILES string of the molecule is CC(C)Oc1ccc(CCCOc2ccc(CNCCCO[P+](=O)O)cc2-c2ccoc2)cc1Br. The van der Waals surface area contributed by atoms with Crippen LogP contribution >= 0.6 is 24.2 Å². The Morgan fingerprint density at radius 3 is 2.57 bits per heavy atom. The quantitative estimate of drug-likeness (QED) is 0.158. The highest BCUT2D eigenvalue weighted by Crippen LogP contribution is 2.32. The predicted molar refractivity (Wildman–Crippen MR) is 140 cm³/mol. The number of halogens is 1. The second kappa shape index (κ2) is 14.4. The van der Waals surface area contributed by atoms with E-state index in [1.165, 1.54) is 5.56 Å². The summed E-state index contributed by atoms with van der Waals surface area (Å²) in [6.45, 7) is 6.22. The topological polar surface area (TPSA) is 90.2 Å². The molecule has 1 heterocycles.